The van der Waals surface area contributed by atoms with E-state index in [0.717, 1.165) is 69.6 Å². The summed E-state index contributed by atoms with van der Waals surface area (Å²) in [5.74, 6) is 1.46. The van der Waals surface area contributed by atoms with Crippen LogP contribution < -0.4 is 10.1 Å². The lowest BCUT2D eigenvalue weighted by atomic mass is 10.0. The molecule has 0 radical (unpaired) electrons. The quantitative estimate of drug-likeness (QED) is 0.272. The molecule has 0 spiro atoms. The molecule has 1 aliphatic rings. The van der Waals surface area contributed by atoms with Crippen LogP contribution in [0, 0.1) is 13.8 Å². The highest BCUT2D eigenvalue weighted by molar-refractivity contribution is 7.18. The van der Waals surface area contributed by atoms with Crippen molar-refractivity contribution in [1.29, 1.82) is 0 Å². The summed E-state index contributed by atoms with van der Waals surface area (Å²) in [5, 5.41) is 4.24. The Morgan fingerprint density at radius 1 is 1.00 bits per heavy atom. The maximum atomic E-state index is 6.33. The van der Waals surface area contributed by atoms with Crippen molar-refractivity contribution in [2.75, 3.05) is 11.9 Å². The van der Waals surface area contributed by atoms with Crippen molar-refractivity contribution < 1.29 is 4.74 Å². The summed E-state index contributed by atoms with van der Waals surface area (Å²) in [6.45, 7) is 7.21. The minimum Gasteiger partial charge on any atom is -0.486 e. The predicted molar refractivity (Wildman–Crippen MR) is 145 cm³/mol. The smallest absolute Gasteiger partial charge is 0.183 e. The van der Waals surface area contributed by atoms with Gasteiger partial charge in [0.1, 0.15) is 17.5 Å². The Labute approximate surface area is 215 Å². The predicted octanol–water partition coefficient (Wildman–Crippen LogP) is 6.65. The van der Waals surface area contributed by atoms with Crippen LogP contribution in [0.15, 0.2) is 55.1 Å². The Morgan fingerprint density at radius 2 is 1.89 bits per heavy atom. The summed E-state index contributed by atoms with van der Waals surface area (Å²) in [7, 11) is 0. The second-order valence-corrected chi connectivity index (χ2v) is 9.99. The van der Waals surface area contributed by atoms with E-state index in [9.17, 15) is 0 Å². The molecule has 3 aromatic heterocycles. The molecule has 0 saturated heterocycles. The second kappa shape index (κ2) is 11.0. The zero-order valence-electron chi connectivity index (χ0n) is 20.9. The summed E-state index contributed by atoms with van der Waals surface area (Å²) in [6, 6.07) is 6.31. The van der Waals surface area contributed by atoms with Gasteiger partial charge in [-0.2, -0.15) is 0 Å². The van der Waals surface area contributed by atoms with Gasteiger partial charge in [-0.05, 0) is 74.9 Å². The van der Waals surface area contributed by atoms with Gasteiger partial charge in [0.15, 0.2) is 11.0 Å². The van der Waals surface area contributed by atoms with Gasteiger partial charge < -0.3 is 10.1 Å². The summed E-state index contributed by atoms with van der Waals surface area (Å²) in [4.78, 5) is 23.9. The van der Waals surface area contributed by atoms with E-state index in [2.05, 4.69) is 65.3 Å². The molecule has 5 rings (SSSR count). The van der Waals surface area contributed by atoms with Crippen LogP contribution in [0.3, 0.4) is 0 Å². The van der Waals surface area contributed by atoms with Gasteiger partial charge in [0, 0.05) is 30.7 Å². The van der Waals surface area contributed by atoms with Crippen LogP contribution in [0.2, 0.25) is 0 Å². The number of aromatic nitrogens is 5. The number of aryl methyl sites for hydroxylation is 2. The Bertz CT molecular complexity index is 1370. The van der Waals surface area contributed by atoms with E-state index < -0.39 is 0 Å². The molecule has 0 aliphatic heterocycles. The van der Waals surface area contributed by atoms with Gasteiger partial charge >= 0.3 is 0 Å². The fourth-order valence-corrected chi connectivity index (χ4v) is 4.98. The molecular formula is C28H30N6OS. The highest BCUT2D eigenvalue weighted by atomic mass is 32.1. The van der Waals surface area contributed by atoms with Crippen LogP contribution >= 0.6 is 11.3 Å². The Hall–Kier alpha value is -3.65. The highest BCUT2D eigenvalue weighted by Gasteiger charge is 2.17. The molecular weight excluding hydrogens is 468 g/mol. The first-order chi connectivity index (χ1) is 17.6. The number of nitrogens with one attached hydrogen (secondary N) is 1. The molecule has 1 N–H and O–H groups in total. The summed E-state index contributed by atoms with van der Waals surface area (Å²) in [5.41, 5.74) is 5.50. The molecule has 1 aliphatic carbocycles. The fourth-order valence-electron chi connectivity index (χ4n) is 4.18. The number of benzene rings is 1. The maximum absolute atomic E-state index is 6.33. The molecule has 0 fully saturated rings. The normalized spacial score (nSPS) is 15.1. The van der Waals surface area contributed by atoms with Crippen molar-refractivity contribution in [3.63, 3.8) is 0 Å². The molecule has 8 heteroatoms. The molecule has 184 valence electrons. The van der Waals surface area contributed by atoms with Crippen molar-refractivity contribution in [1.82, 2.24) is 24.9 Å². The zero-order chi connectivity index (χ0) is 24.9. The number of anilines is 1. The molecule has 3 heterocycles. The standard InChI is InChI=1S/C28H30N6OS/c1-4-10-31-28-32-17-26(36-28)23-15-22(33-27(34-23)24-16-29-11-12-30-24)21-13-19(3)25(14-18(21)2)35-20-8-6-5-7-9-20/h6,8,11-17,20H,4-5,7,9-10H2,1-3H3,(H,31,32). The molecule has 1 aromatic carbocycles. The van der Waals surface area contributed by atoms with Crippen LogP contribution in [-0.2, 0) is 0 Å². The summed E-state index contributed by atoms with van der Waals surface area (Å²) >= 11 is 1.59. The van der Waals surface area contributed by atoms with Gasteiger partial charge in [-0.1, -0.05) is 24.3 Å². The third kappa shape index (κ3) is 5.44. The number of thiazole rings is 1. The fraction of sp³-hybridized carbons (Fsp3) is 0.321. The van der Waals surface area contributed by atoms with E-state index in [-0.39, 0.29) is 6.10 Å². The minimum atomic E-state index is 0.137. The third-order valence-electron chi connectivity index (χ3n) is 6.09. The van der Waals surface area contributed by atoms with Crippen LogP contribution in [0.1, 0.15) is 43.7 Å². The average molecular weight is 499 g/mol. The van der Waals surface area contributed by atoms with Gasteiger partial charge in [-0.25, -0.2) is 19.9 Å². The number of hydrogen-bond donors (Lipinski definition) is 1. The lowest BCUT2D eigenvalue weighted by Gasteiger charge is -2.21. The van der Waals surface area contributed by atoms with Gasteiger partial charge in [0.25, 0.3) is 0 Å². The Morgan fingerprint density at radius 3 is 2.67 bits per heavy atom. The molecule has 1 atom stereocenters. The molecule has 7 nitrogen and oxygen atoms in total. The van der Waals surface area contributed by atoms with Gasteiger partial charge in [0.05, 0.1) is 22.5 Å². The first-order valence-electron chi connectivity index (χ1n) is 12.4. The van der Waals surface area contributed by atoms with Crippen molar-refractivity contribution >= 4 is 16.5 Å². The van der Waals surface area contributed by atoms with E-state index >= 15 is 0 Å². The minimum absolute atomic E-state index is 0.137. The molecule has 0 bridgehead atoms. The van der Waals surface area contributed by atoms with E-state index in [0.29, 0.717) is 11.5 Å². The largest absolute Gasteiger partial charge is 0.486 e. The van der Waals surface area contributed by atoms with E-state index in [4.69, 9.17) is 14.7 Å². The van der Waals surface area contributed by atoms with Crippen LogP contribution in [0.5, 0.6) is 5.75 Å². The molecule has 0 saturated carbocycles. The first-order valence-corrected chi connectivity index (χ1v) is 13.2. The molecule has 0 amide bonds. The molecule has 36 heavy (non-hydrogen) atoms. The molecule has 1 unspecified atom stereocenters. The number of rotatable bonds is 8. The highest BCUT2D eigenvalue weighted by Crippen LogP contribution is 2.35. The number of allylic oxidation sites excluding steroid dienone is 1. The van der Waals surface area contributed by atoms with Gasteiger partial charge in [0.2, 0.25) is 0 Å². The van der Waals surface area contributed by atoms with Crippen LogP contribution in [0.4, 0.5) is 5.13 Å². The van der Waals surface area contributed by atoms with Crippen molar-refractivity contribution in [3.8, 4) is 39.1 Å². The lowest BCUT2D eigenvalue weighted by Crippen LogP contribution is -2.16. The number of hydrogen-bond acceptors (Lipinski definition) is 8. The zero-order valence-corrected chi connectivity index (χ0v) is 21.7. The monoisotopic (exact) mass is 498 g/mol. The van der Waals surface area contributed by atoms with Crippen molar-refractivity contribution in [3.05, 3.63) is 66.3 Å². The number of nitrogens with zero attached hydrogens (tertiary/aromatic N) is 5. The summed E-state index contributed by atoms with van der Waals surface area (Å²) in [6.07, 6.45) is 15.8. The summed E-state index contributed by atoms with van der Waals surface area (Å²) < 4.78 is 6.33. The van der Waals surface area contributed by atoms with E-state index in [1.165, 1.54) is 6.42 Å². The Kier molecular flexibility index (Phi) is 7.32. The van der Waals surface area contributed by atoms with E-state index in [1.807, 2.05) is 12.3 Å². The third-order valence-corrected chi connectivity index (χ3v) is 7.07. The van der Waals surface area contributed by atoms with Crippen LogP contribution in [-0.4, -0.2) is 37.6 Å². The van der Waals surface area contributed by atoms with Gasteiger partial charge in [-0.15, -0.1) is 0 Å². The van der Waals surface area contributed by atoms with Crippen molar-refractivity contribution in [2.45, 2.75) is 52.6 Å². The van der Waals surface area contributed by atoms with Gasteiger partial charge in [-0.3, -0.25) is 4.98 Å². The first kappa shape index (κ1) is 24.1. The second-order valence-electron chi connectivity index (χ2n) is 8.96. The average Bonchev–Trinajstić information content (AvgIpc) is 3.39. The maximum Gasteiger partial charge on any atom is 0.183 e. The number of ether oxygens (including phenoxy) is 1. The lowest BCUT2D eigenvalue weighted by molar-refractivity contribution is 0.228. The van der Waals surface area contributed by atoms with Crippen LogP contribution in [0.25, 0.3) is 33.3 Å². The van der Waals surface area contributed by atoms with E-state index in [1.54, 1.807) is 29.9 Å². The van der Waals surface area contributed by atoms with Crippen molar-refractivity contribution in [2.24, 2.45) is 0 Å². The topological polar surface area (TPSA) is 85.7 Å². The Balaban J connectivity index is 1.55. The molecule has 4 aromatic rings. The SMILES string of the molecule is CCCNc1ncc(-c2cc(-c3cc(C)c(OC4C=CCCC4)cc3C)nc(-c3cnccn3)n2)s1.